The molecule has 0 aliphatic heterocycles. The van der Waals surface area contributed by atoms with Gasteiger partial charge in [0.1, 0.15) is 0 Å². The summed E-state index contributed by atoms with van der Waals surface area (Å²) < 4.78 is 29.8. The van der Waals surface area contributed by atoms with E-state index in [2.05, 4.69) is 18.6 Å². The second kappa shape index (κ2) is 7.16. The summed E-state index contributed by atoms with van der Waals surface area (Å²) >= 11 is 0. The van der Waals surface area contributed by atoms with Gasteiger partial charge >= 0.3 is 0 Å². The van der Waals surface area contributed by atoms with E-state index >= 15 is 0 Å². The lowest BCUT2D eigenvalue weighted by molar-refractivity contribution is 0.217. The molecule has 1 atom stereocenters. The summed E-state index contributed by atoms with van der Waals surface area (Å²) in [7, 11) is -1.76. The van der Waals surface area contributed by atoms with Crippen molar-refractivity contribution < 1.29 is 13.2 Å². The highest BCUT2D eigenvalue weighted by Gasteiger charge is 2.12. The van der Waals surface area contributed by atoms with E-state index in [0.29, 0.717) is 12.5 Å². The van der Waals surface area contributed by atoms with E-state index in [4.69, 9.17) is 10.5 Å². The van der Waals surface area contributed by atoms with Gasteiger partial charge in [0.2, 0.25) is 10.0 Å². The van der Waals surface area contributed by atoms with E-state index in [1.54, 1.807) is 0 Å². The third-order valence-corrected chi connectivity index (χ3v) is 3.21. The maximum atomic E-state index is 11.3. The minimum Gasteiger partial charge on any atom is -0.384 e. The number of nitrogens with two attached hydrogens (primary N) is 1. The summed E-state index contributed by atoms with van der Waals surface area (Å²) in [5.74, 6) is 0.459. The Balaban J connectivity index is 3.82. The first-order valence-corrected chi connectivity index (χ1v) is 6.74. The Morgan fingerprint density at radius 3 is 2.47 bits per heavy atom. The van der Waals surface area contributed by atoms with Gasteiger partial charge in [0.05, 0.1) is 12.4 Å². The Bertz CT molecular complexity index is 252. The molecule has 0 radical (unpaired) electrons. The van der Waals surface area contributed by atoms with Gasteiger partial charge in [0, 0.05) is 19.7 Å². The quantitative estimate of drug-likeness (QED) is 0.620. The van der Waals surface area contributed by atoms with E-state index in [0.717, 1.165) is 6.42 Å². The smallest absolute Gasteiger partial charge is 0.213 e. The highest BCUT2D eigenvalue weighted by atomic mass is 32.2. The van der Waals surface area contributed by atoms with E-state index < -0.39 is 10.0 Å². The van der Waals surface area contributed by atoms with Crippen LogP contribution in [0.4, 0.5) is 0 Å². The summed E-state index contributed by atoms with van der Waals surface area (Å²) in [5, 5.41) is 0. The third kappa shape index (κ3) is 8.80. The number of sulfonamides is 1. The number of ether oxygens (including phenoxy) is 1. The van der Waals surface area contributed by atoms with Crippen molar-refractivity contribution in [3.8, 4) is 0 Å². The molecule has 0 saturated carbocycles. The highest BCUT2D eigenvalue weighted by Crippen LogP contribution is 2.01. The fourth-order valence-corrected chi connectivity index (χ4v) is 2.19. The van der Waals surface area contributed by atoms with Gasteiger partial charge in [-0.3, -0.25) is 0 Å². The van der Waals surface area contributed by atoms with E-state index in [-0.39, 0.29) is 18.4 Å². The molecule has 0 amide bonds. The summed E-state index contributed by atoms with van der Waals surface area (Å²) in [6.07, 6.45) is 0.812. The molecule has 6 heteroatoms. The van der Waals surface area contributed by atoms with Gasteiger partial charge in [0.25, 0.3) is 0 Å². The van der Waals surface area contributed by atoms with Crippen molar-refractivity contribution in [2.45, 2.75) is 26.3 Å². The van der Waals surface area contributed by atoms with Crippen LogP contribution in [-0.2, 0) is 14.8 Å². The van der Waals surface area contributed by atoms with Crippen LogP contribution in [0.25, 0.3) is 0 Å². The molecule has 0 aliphatic rings. The second-order valence-electron chi connectivity index (χ2n) is 4.05. The van der Waals surface area contributed by atoms with Crippen molar-refractivity contribution in [2.24, 2.45) is 11.7 Å². The molecule has 0 aliphatic carbocycles. The SMILES string of the molecule is COCCS(=O)(=O)NCC(N)CC(C)C. The molecule has 0 fully saturated rings. The standard InChI is InChI=1S/C9H22N2O3S/c1-8(2)6-9(10)7-11-15(12,13)5-4-14-3/h8-9,11H,4-7,10H2,1-3H3. The zero-order valence-corrected chi connectivity index (χ0v) is 10.5. The second-order valence-corrected chi connectivity index (χ2v) is 5.98. The number of rotatable bonds is 8. The maximum absolute atomic E-state index is 11.3. The minimum atomic E-state index is -3.23. The van der Waals surface area contributed by atoms with Crippen molar-refractivity contribution in [2.75, 3.05) is 26.0 Å². The lowest BCUT2D eigenvalue weighted by Crippen LogP contribution is -2.39. The van der Waals surface area contributed by atoms with Crippen LogP contribution < -0.4 is 10.5 Å². The monoisotopic (exact) mass is 238 g/mol. The van der Waals surface area contributed by atoms with Gasteiger partial charge in [0.15, 0.2) is 0 Å². The zero-order valence-electron chi connectivity index (χ0n) is 9.69. The number of hydrogen-bond acceptors (Lipinski definition) is 4. The predicted octanol–water partition coefficient (Wildman–Crippen LogP) is -0.0744. The van der Waals surface area contributed by atoms with Crippen LogP contribution in [0.3, 0.4) is 0 Å². The van der Waals surface area contributed by atoms with Crippen LogP contribution in [0.5, 0.6) is 0 Å². The van der Waals surface area contributed by atoms with E-state index in [1.807, 2.05) is 0 Å². The number of nitrogens with one attached hydrogen (secondary N) is 1. The summed E-state index contributed by atoms with van der Waals surface area (Å²) in [6, 6.07) is -0.123. The van der Waals surface area contributed by atoms with Crippen molar-refractivity contribution in [3.05, 3.63) is 0 Å². The first-order chi connectivity index (χ1) is 6.87. The molecule has 0 aromatic carbocycles. The van der Waals surface area contributed by atoms with Crippen LogP contribution in [-0.4, -0.2) is 40.5 Å². The molecule has 0 bridgehead atoms. The Morgan fingerprint density at radius 2 is 2.00 bits per heavy atom. The molecule has 0 aromatic rings. The van der Waals surface area contributed by atoms with Gasteiger partial charge in [-0.05, 0) is 12.3 Å². The van der Waals surface area contributed by atoms with Crippen molar-refractivity contribution in [3.63, 3.8) is 0 Å². The molecule has 1 unspecified atom stereocenters. The van der Waals surface area contributed by atoms with Crippen LogP contribution in [0.15, 0.2) is 0 Å². The van der Waals surface area contributed by atoms with E-state index in [1.165, 1.54) is 7.11 Å². The average Bonchev–Trinajstić information content (AvgIpc) is 2.11. The van der Waals surface area contributed by atoms with Crippen LogP contribution >= 0.6 is 0 Å². The van der Waals surface area contributed by atoms with Gasteiger partial charge in [-0.25, -0.2) is 13.1 Å². The summed E-state index contributed by atoms with van der Waals surface area (Å²) in [6.45, 7) is 4.61. The van der Waals surface area contributed by atoms with Crippen molar-refractivity contribution >= 4 is 10.0 Å². The fourth-order valence-electron chi connectivity index (χ4n) is 1.19. The third-order valence-electron chi connectivity index (χ3n) is 1.90. The van der Waals surface area contributed by atoms with Crippen LogP contribution in [0, 0.1) is 5.92 Å². The van der Waals surface area contributed by atoms with Gasteiger partial charge in [-0.2, -0.15) is 0 Å². The van der Waals surface area contributed by atoms with Crippen LogP contribution in [0.2, 0.25) is 0 Å². The number of methoxy groups -OCH3 is 1. The van der Waals surface area contributed by atoms with Crippen molar-refractivity contribution in [1.82, 2.24) is 4.72 Å². The minimum absolute atomic E-state index is 0.0160. The molecular formula is C9H22N2O3S. The summed E-state index contributed by atoms with van der Waals surface area (Å²) in [4.78, 5) is 0. The molecule has 0 spiro atoms. The molecule has 5 nitrogen and oxygen atoms in total. The molecule has 3 N–H and O–H groups in total. The molecule has 92 valence electrons. The summed E-state index contributed by atoms with van der Waals surface area (Å²) in [5.41, 5.74) is 5.75. The fraction of sp³-hybridized carbons (Fsp3) is 1.00. The molecule has 0 aromatic heterocycles. The lowest BCUT2D eigenvalue weighted by Gasteiger charge is -2.14. The topological polar surface area (TPSA) is 81.4 Å². The lowest BCUT2D eigenvalue weighted by atomic mass is 10.1. The van der Waals surface area contributed by atoms with E-state index in [9.17, 15) is 8.42 Å². The molecule has 15 heavy (non-hydrogen) atoms. The van der Waals surface area contributed by atoms with Crippen molar-refractivity contribution in [1.29, 1.82) is 0 Å². The molecular weight excluding hydrogens is 216 g/mol. The molecule has 0 rings (SSSR count). The largest absolute Gasteiger partial charge is 0.384 e. The number of hydrogen-bond donors (Lipinski definition) is 2. The Labute approximate surface area is 92.4 Å². The average molecular weight is 238 g/mol. The van der Waals surface area contributed by atoms with Gasteiger partial charge in [-0.15, -0.1) is 0 Å². The first-order valence-electron chi connectivity index (χ1n) is 5.09. The molecule has 0 saturated heterocycles. The zero-order chi connectivity index (χ0) is 11.9. The Morgan fingerprint density at radius 1 is 1.40 bits per heavy atom. The highest BCUT2D eigenvalue weighted by molar-refractivity contribution is 7.89. The normalized spacial score (nSPS) is 14.5. The van der Waals surface area contributed by atoms with Crippen LogP contribution in [0.1, 0.15) is 20.3 Å². The molecule has 0 heterocycles. The predicted molar refractivity (Wildman–Crippen MR) is 61.1 cm³/mol. The first kappa shape index (κ1) is 14.8. The maximum Gasteiger partial charge on any atom is 0.213 e. The Hall–Kier alpha value is -0.170. The van der Waals surface area contributed by atoms with Gasteiger partial charge < -0.3 is 10.5 Å². The van der Waals surface area contributed by atoms with Gasteiger partial charge in [-0.1, -0.05) is 13.8 Å². The Kier molecular flexibility index (Phi) is 7.08.